The molecule has 4 aromatic rings. The Morgan fingerprint density at radius 3 is 2.59 bits per heavy atom. The summed E-state index contributed by atoms with van der Waals surface area (Å²) >= 11 is 1.68. The highest BCUT2D eigenvalue weighted by Gasteiger charge is 2.15. The summed E-state index contributed by atoms with van der Waals surface area (Å²) in [4.78, 5) is 21.7. The lowest BCUT2D eigenvalue weighted by Crippen LogP contribution is -2.44. The lowest BCUT2D eigenvalue weighted by atomic mass is 10.0. The lowest BCUT2D eigenvalue weighted by molar-refractivity contribution is 0.167. The van der Waals surface area contributed by atoms with Gasteiger partial charge in [-0.25, -0.2) is 9.78 Å². The average molecular weight is 513 g/mol. The van der Waals surface area contributed by atoms with Crippen molar-refractivity contribution in [3.63, 3.8) is 0 Å². The van der Waals surface area contributed by atoms with Crippen molar-refractivity contribution in [3.8, 4) is 11.1 Å². The Hall–Kier alpha value is -3.72. The van der Waals surface area contributed by atoms with Gasteiger partial charge < -0.3 is 21.3 Å². The van der Waals surface area contributed by atoms with Gasteiger partial charge in [-0.2, -0.15) is 0 Å². The number of hydrogen-bond acceptors (Lipinski definition) is 6. The molecule has 1 aliphatic rings. The summed E-state index contributed by atoms with van der Waals surface area (Å²) in [6, 6.07) is 15.2. The fraction of sp³-hybridized carbons (Fsp3) is 0.241. The molecule has 0 unspecified atom stereocenters. The first kappa shape index (κ1) is 25.0. The summed E-state index contributed by atoms with van der Waals surface area (Å²) in [5, 5.41) is 8.87. The van der Waals surface area contributed by atoms with E-state index < -0.39 is 0 Å². The van der Waals surface area contributed by atoms with Crippen molar-refractivity contribution in [2.24, 2.45) is 0 Å². The van der Waals surface area contributed by atoms with Crippen molar-refractivity contribution in [3.05, 3.63) is 77.3 Å². The number of piperazine rings is 1. The highest BCUT2D eigenvalue weighted by atomic mass is 32.1. The third-order valence-corrected chi connectivity index (χ3v) is 7.67. The number of aromatic nitrogens is 1. The Balaban J connectivity index is 1.29. The molecule has 1 saturated heterocycles. The second-order valence-electron chi connectivity index (χ2n) is 9.48. The number of pyridine rings is 1. The van der Waals surface area contributed by atoms with E-state index in [2.05, 4.69) is 50.0 Å². The molecule has 5 rings (SSSR count). The Morgan fingerprint density at radius 2 is 1.84 bits per heavy atom. The number of benzene rings is 2. The molecule has 2 aromatic carbocycles. The molecule has 1 fully saturated rings. The largest absolute Gasteiger partial charge is 0.383 e. The minimum absolute atomic E-state index is 0.277. The SMILES string of the molecule is Cc1cccc(NC(=O)Nc2ccc(-c3csc4c(/C=C/CN5CCN(C)CC5)cnc(N)c34)cc2)c1. The summed E-state index contributed by atoms with van der Waals surface area (Å²) in [7, 11) is 2.17. The van der Waals surface area contributed by atoms with Crippen LogP contribution in [0.4, 0.5) is 22.0 Å². The van der Waals surface area contributed by atoms with Crippen molar-refractivity contribution >= 4 is 50.7 Å². The Labute approximate surface area is 221 Å². The van der Waals surface area contributed by atoms with Crippen LogP contribution in [0, 0.1) is 6.92 Å². The first-order valence-electron chi connectivity index (χ1n) is 12.4. The van der Waals surface area contributed by atoms with Crippen LogP contribution >= 0.6 is 11.3 Å². The van der Waals surface area contributed by atoms with Crippen molar-refractivity contribution in [1.82, 2.24) is 14.8 Å². The summed E-state index contributed by atoms with van der Waals surface area (Å²) < 4.78 is 1.14. The number of nitrogen functional groups attached to an aromatic ring is 1. The van der Waals surface area contributed by atoms with Crippen molar-refractivity contribution in [1.29, 1.82) is 0 Å². The molecule has 2 aromatic heterocycles. The predicted molar refractivity (Wildman–Crippen MR) is 156 cm³/mol. The summed E-state index contributed by atoms with van der Waals surface area (Å²) in [5.41, 5.74) is 12.1. The van der Waals surface area contributed by atoms with Crippen LogP contribution in [0.25, 0.3) is 27.3 Å². The minimum atomic E-state index is -0.277. The molecular formula is C29H32N6OS. The van der Waals surface area contributed by atoms with Gasteiger partial charge in [-0.1, -0.05) is 36.4 Å². The highest BCUT2D eigenvalue weighted by molar-refractivity contribution is 7.18. The monoisotopic (exact) mass is 512 g/mol. The molecule has 0 bridgehead atoms. The number of thiophene rings is 1. The number of aryl methyl sites for hydroxylation is 1. The Kier molecular flexibility index (Phi) is 7.50. The number of nitrogens with two attached hydrogens (primary N) is 1. The van der Waals surface area contributed by atoms with Crippen molar-refractivity contribution < 1.29 is 4.79 Å². The fourth-order valence-corrected chi connectivity index (χ4v) is 5.61. The number of nitrogens with one attached hydrogen (secondary N) is 2. The van der Waals surface area contributed by atoms with Gasteiger partial charge in [0.05, 0.1) is 0 Å². The number of anilines is 3. The van der Waals surface area contributed by atoms with Crippen molar-refractivity contribution in [2.45, 2.75) is 6.92 Å². The van der Waals surface area contributed by atoms with Crippen molar-refractivity contribution in [2.75, 3.05) is 56.1 Å². The first-order valence-corrected chi connectivity index (χ1v) is 13.3. The van der Waals surface area contributed by atoms with E-state index in [0.717, 1.165) is 70.8 Å². The van der Waals surface area contributed by atoms with Crippen LogP contribution in [0.3, 0.4) is 0 Å². The number of urea groups is 1. The molecule has 37 heavy (non-hydrogen) atoms. The van der Waals surface area contributed by atoms with Gasteiger partial charge >= 0.3 is 6.03 Å². The molecule has 0 atom stereocenters. The molecule has 7 nitrogen and oxygen atoms in total. The number of carbonyl (C=O) groups excluding carboxylic acids is 1. The third kappa shape index (κ3) is 5.99. The molecule has 0 saturated carbocycles. The molecule has 0 radical (unpaired) electrons. The van der Waals surface area contributed by atoms with E-state index in [-0.39, 0.29) is 6.03 Å². The van der Waals surface area contributed by atoms with Gasteiger partial charge in [0.2, 0.25) is 0 Å². The first-order chi connectivity index (χ1) is 18.0. The summed E-state index contributed by atoms with van der Waals surface area (Å²) in [5.74, 6) is 0.530. The Morgan fingerprint density at radius 1 is 1.08 bits per heavy atom. The quantitative estimate of drug-likeness (QED) is 0.306. The predicted octanol–water partition coefficient (Wildman–Crippen LogP) is 5.76. The zero-order valence-corrected chi connectivity index (χ0v) is 22.0. The van der Waals surface area contributed by atoms with E-state index in [1.165, 1.54) is 0 Å². The average Bonchev–Trinajstić information content (AvgIpc) is 3.33. The molecule has 4 N–H and O–H groups in total. The second kappa shape index (κ2) is 11.1. The zero-order chi connectivity index (χ0) is 25.8. The van der Waals surface area contributed by atoms with Crippen LogP contribution in [-0.2, 0) is 0 Å². The van der Waals surface area contributed by atoms with Crippen LogP contribution in [0.5, 0.6) is 0 Å². The number of carbonyl (C=O) groups is 1. The highest BCUT2D eigenvalue weighted by Crippen LogP contribution is 2.39. The van der Waals surface area contributed by atoms with E-state index in [1.807, 2.05) is 61.7 Å². The number of hydrogen-bond donors (Lipinski definition) is 3. The minimum Gasteiger partial charge on any atom is -0.383 e. The van der Waals surface area contributed by atoms with Crippen LogP contribution in [0.2, 0.25) is 0 Å². The van der Waals surface area contributed by atoms with Gasteiger partial charge in [0.1, 0.15) is 5.82 Å². The normalized spacial score (nSPS) is 14.9. The maximum absolute atomic E-state index is 12.4. The maximum atomic E-state index is 12.4. The number of rotatable bonds is 6. The van der Waals surface area contributed by atoms with Gasteiger partial charge in [-0.15, -0.1) is 11.3 Å². The van der Waals surface area contributed by atoms with Gasteiger partial charge in [-0.05, 0) is 54.7 Å². The lowest BCUT2D eigenvalue weighted by Gasteiger charge is -2.31. The number of fused-ring (bicyclic) bond motifs is 1. The zero-order valence-electron chi connectivity index (χ0n) is 21.2. The summed E-state index contributed by atoms with van der Waals surface area (Å²) in [6.07, 6.45) is 6.24. The van der Waals surface area contributed by atoms with E-state index in [0.29, 0.717) is 11.5 Å². The number of likely N-dealkylation sites (N-methyl/N-ethyl adjacent to an activating group) is 1. The standard InChI is InChI=1S/C29H32N6OS/c1-20-5-3-7-24(17-20)33-29(36)32-23-10-8-21(9-11-23)25-19-37-27-22(18-31-28(30)26(25)27)6-4-12-35-15-13-34(2)14-16-35/h3-11,17-19H,12-16H2,1-2H3,(H2,30,31)(H2,32,33,36)/b6-4+. The number of nitrogens with zero attached hydrogens (tertiary/aromatic N) is 3. The molecule has 0 aliphatic carbocycles. The Bertz CT molecular complexity index is 1420. The maximum Gasteiger partial charge on any atom is 0.323 e. The van der Waals surface area contributed by atoms with Gasteiger partial charge in [0.15, 0.2) is 0 Å². The van der Waals surface area contributed by atoms with Crippen LogP contribution in [-0.4, -0.2) is 60.6 Å². The molecule has 2 amide bonds. The van der Waals surface area contributed by atoms with Crippen LogP contribution in [0.15, 0.2) is 66.2 Å². The van der Waals surface area contributed by atoms with Crippen LogP contribution in [0.1, 0.15) is 11.1 Å². The van der Waals surface area contributed by atoms with E-state index >= 15 is 0 Å². The van der Waals surface area contributed by atoms with E-state index in [9.17, 15) is 4.79 Å². The smallest absolute Gasteiger partial charge is 0.323 e. The van der Waals surface area contributed by atoms with E-state index in [1.54, 1.807) is 11.3 Å². The second-order valence-corrected chi connectivity index (χ2v) is 10.4. The van der Waals surface area contributed by atoms with Crippen LogP contribution < -0.4 is 16.4 Å². The summed E-state index contributed by atoms with van der Waals surface area (Å²) in [6.45, 7) is 7.34. The third-order valence-electron chi connectivity index (χ3n) is 6.64. The molecular weight excluding hydrogens is 480 g/mol. The van der Waals surface area contributed by atoms with Gasteiger partial charge in [0, 0.05) is 71.5 Å². The molecule has 8 heteroatoms. The molecule has 0 spiro atoms. The van der Waals surface area contributed by atoms with E-state index in [4.69, 9.17) is 5.73 Å². The topological polar surface area (TPSA) is 86.5 Å². The fourth-order valence-electron chi connectivity index (χ4n) is 4.53. The molecule has 190 valence electrons. The molecule has 1 aliphatic heterocycles. The van der Waals surface area contributed by atoms with Gasteiger partial charge in [0.25, 0.3) is 0 Å². The van der Waals surface area contributed by atoms with Gasteiger partial charge in [-0.3, -0.25) is 4.90 Å². The molecule has 3 heterocycles. The number of amides is 2.